The second-order valence-corrected chi connectivity index (χ2v) is 6.78. The fourth-order valence-corrected chi connectivity index (χ4v) is 2.63. The summed E-state index contributed by atoms with van der Waals surface area (Å²) in [4.78, 5) is 0. The number of benzene rings is 1. The van der Waals surface area contributed by atoms with E-state index in [0.29, 0.717) is 13.2 Å². The van der Waals surface area contributed by atoms with Gasteiger partial charge in [-0.05, 0) is 40.1 Å². The Hall–Kier alpha value is -0.875. The van der Waals surface area contributed by atoms with Crippen molar-refractivity contribution in [2.45, 2.75) is 52.1 Å². The van der Waals surface area contributed by atoms with Crippen molar-refractivity contribution < 1.29 is 18.8 Å². The molecule has 0 aromatic heterocycles. The Kier molecular flexibility index (Phi) is 3.65. The normalized spacial score (nSPS) is 24.7. The largest absolute Gasteiger partial charge is 0.495 e. The molecule has 2 aliphatic rings. The Labute approximate surface area is 126 Å². The first-order chi connectivity index (χ1) is 9.80. The molecule has 0 radical (unpaired) electrons. The minimum absolute atomic E-state index is 0.240. The lowest BCUT2D eigenvalue weighted by Crippen LogP contribution is -2.41. The van der Waals surface area contributed by atoms with Crippen LogP contribution in [-0.4, -0.2) is 31.5 Å². The molecule has 1 aromatic carbocycles. The van der Waals surface area contributed by atoms with Gasteiger partial charge < -0.3 is 18.8 Å². The molecular formula is C16H23BO4. The van der Waals surface area contributed by atoms with E-state index >= 15 is 0 Å². The van der Waals surface area contributed by atoms with Crippen LogP contribution in [0.2, 0.25) is 0 Å². The molecule has 114 valence electrons. The van der Waals surface area contributed by atoms with E-state index in [1.165, 1.54) is 0 Å². The number of ether oxygens (including phenoxy) is 2. The zero-order valence-electron chi connectivity index (χ0n) is 13.4. The van der Waals surface area contributed by atoms with Gasteiger partial charge in [-0.3, -0.25) is 0 Å². The molecule has 2 aliphatic heterocycles. The zero-order valence-corrected chi connectivity index (χ0v) is 13.4. The summed E-state index contributed by atoms with van der Waals surface area (Å²) in [5, 5.41) is 0. The first-order valence-electron chi connectivity index (χ1n) is 7.49. The molecule has 0 unspecified atom stereocenters. The fraction of sp³-hybridized carbons (Fsp3) is 0.625. The van der Waals surface area contributed by atoms with Gasteiger partial charge in [0.1, 0.15) is 0 Å². The molecule has 0 aliphatic carbocycles. The van der Waals surface area contributed by atoms with Gasteiger partial charge in [0.2, 0.25) is 0 Å². The van der Waals surface area contributed by atoms with Gasteiger partial charge in [0.15, 0.2) is 6.29 Å². The summed E-state index contributed by atoms with van der Waals surface area (Å²) in [7, 11) is -0.325. The maximum atomic E-state index is 6.11. The van der Waals surface area contributed by atoms with Crippen molar-refractivity contribution in [1.82, 2.24) is 0 Å². The van der Waals surface area contributed by atoms with Crippen LogP contribution >= 0.6 is 0 Å². The molecular weight excluding hydrogens is 267 g/mol. The van der Waals surface area contributed by atoms with E-state index in [2.05, 4.69) is 46.8 Å². The molecule has 3 rings (SSSR count). The average Bonchev–Trinajstić information content (AvgIpc) is 2.96. The van der Waals surface area contributed by atoms with Gasteiger partial charge in [-0.15, -0.1) is 0 Å². The summed E-state index contributed by atoms with van der Waals surface area (Å²) >= 11 is 0. The zero-order chi connectivity index (χ0) is 15.3. The smallest absolute Gasteiger partial charge is 0.399 e. The number of rotatable bonds is 2. The predicted octanol–water partition coefficient (Wildman–Crippen LogP) is 2.34. The number of hydrogen-bond acceptors (Lipinski definition) is 4. The van der Waals surface area contributed by atoms with Crippen molar-refractivity contribution in [2.24, 2.45) is 0 Å². The van der Waals surface area contributed by atoms with Crippen LogP contribution in [0.1, 0.15) is 45.1 Å². The van der Waals surface area contributed by atoms with Crippen LogP contribution in [0.5, 0.6) is 0 Å². The molecule has 21 heavy (non-hydrogen) atoms. The van der Waals surface area contributed by atoms with Crippen LogP contribution in [-0.2, 0) is 18.8 Å². The van der Waals surface area contributed by atoms with Gasteiger partial charge in [0.05, 0.1) is 24.4 Å². The van der Waals surface area contributed by atoms with Crippen LogP contribution in [0.3, 0.4) is 0 Å². The van der Waals surface area contributed by atoms with E-state index in [1.54, 1.807) is 0 Å². The van der Waals surface area contributed by atoms with Crippen molar-refractivity contribution in [2.75, 3.05) is 13.2 Å². The lowest BCUT2D eigenvalue weighted by molar-refractivity contribution is -0.0441. The Morgan fingerprint density at radius 3 is 2.10 bits per heavy atom. The van der Waals surface area contributed by atoms with E-state index < -0.39 is 0 Å². The highest BCUT2D eigenvalue weighted by Crippen LogP contribution is 2.36. The highest BCUT2D eigenvalue weighted by molar-refractivity contribution is 6.62. The maximum Gasteiger partial charge on any atom is 0.495 e. The quantitative estimate of drug-likeness (QED) is 0.783. The number of aryl methyl sites for hydroxylation is 1. The molecule has 0 saturated carbocycles. The van der Waals surface area contributed by atoms with Crippen LogP contribution in [0.25, 0.3) is 0 Å². The predicted molar refractivity (Wildman–Crippen MR) is 81.5 cm³/mol. The molecule has 0 bridgehead atoms. The fourth-order valence-electron chi connectivity index (χ4n) is 2.63. The standard InChI is InChI=1S/C16H23BO4/c1-11-10-12(14-18-8-9-19-14)6-7-13(11)17-20-15(2,3)16(4,5)21-17/h6-7,10,14H,8-9H2,1-5H3. The van der Waals surface area contributed by atoms with Crippen molar-refractivity contribution in [1.29, 1.82) is 0 Å². The third kappa shape index (κ3) is 2.64. The van der Waals surface area contributed by atoms with Crippen molar-refractivity contribution in [3.63, 3.8) is 0 Å². The topological polar surface area (TPSA) is 36.9 Å². The highest BCUT2D eigenvalue weighted by atomic mass is 16.7. The van der Waals surface area contributed by atoms with Crippen molar-refractivity contribution in [3.05, 3.63) is 29.3 Å². The summed E-state index contributed by atoms with van der Waals surface area (Å²) in [5.74, 6) is 0. The monoisotopic (exact) mass is 290 g/mol. The van der Waals surface area contributed by atoms with Gasteiger partial charge in [-0.25, -0.2) is 0 Å². The van der Waals surface area contributed by atoms with Gasteiger partial charge in [0.25, 0.3) is 0 Å². The molecule has 0 N–H and O–H groups in total. The molecule has 0 amide bonds. The maximum absolute atomic E-state index is 6.11. The molecule has 0 spiro atoms. The molecule has 1 aromatic rings. The summed E-state index contributed by atoms with van der Waals surface area (Å²) in [6.07, 6.45) is -0.240. The summed E-state index contributed by atoms with van der Waals surface area (Å²) < 4.78 is 23.3. The Morgan fingerprint density at radius 1 is 1.00 bits per heavy atom. The Balaban J connectivity index is 1.84. The van der Waals surface area contributed by atoms with Gasteiger partial charge in [-0.1, -0.05) is 23.8 Å². The molecule has 0 atom stereocenters. The van der Waals surface area contributed by atoms with Crippen LogP contribution in [0, 0.1) is 6.92 Å². The lowest BCUT2D eigenvalue weighted by Gasteiger charge is -2.32. The summed E-state index contributed by atoms with van der Waals surface area (Å²) in [6, 6.07) is 6.18. The summed E-state index contributed by atoms with van der Waals surface area (Å²) in [6.45, 7) is 11.6. The lowest BCUT2D eigenvalue weighted by atomic mass is 9.76. The van der Waals surface area contributed by atoms with E-state index in [9.17, 15) is 0 Å². The van der Waals surface area contributed by atoms with Gasteiger partial charge in [-0.2, -0.15) is 0 Å². The van der Waals surface area contributed by atoms with Crippen LogP contribution in [0.15, 0.2) is 18.2 Å². The SMILES string of the molecule is Cc1cc(C2OCCO2)ccc1B1OC(C)(C)C(C)(C)O1. The third-order valence-electron chi connectivity index (χ3n) is 4.69. The molecule has 2 heterocycles. The average molecular weight is 290 g/mol. The van der Waals surface area contributed by atoms with Crippen LogP contribution < -0.4 is 5.46 Å². The van der Waals surface area contributed by atoms with Crippen molar-refractivity contribution >= 4 is 12.6 Å². The molecule has 4 nitrogen and oxygen atoms in total. The second-order valence-electron chi connectivity index (χ2n) is 6.78. The number of hydrogen-bond donors (Lipinski definition) is 0. The second kappa shape index (κ2) is 5.09. The first-order valence-corrected chi connectivity index (χ1v) is 7.49. The Bertz CT molecular complexity index is 519. The molecule has 2 saturated heterocycles. The highest BCUT2D eigenvalue weighted by Gasteiger charge is 2.52. The van der Waals surface area contributed by atoms with E-state index in [0.717, 1.165) is 16.6 Å². The van der Waals surface area contributed by atoms with Crippen LogP contribution in [0.4, 0.5) is 0 Å². The minimum atomic E-state index is -0.325. The van der Waals surface area contributed by atoms with Gasteiger partial charge in [0, 0.05) is 5.56 Å². The molecule has 2 fully saturated rings. The summed E-state index contributed by atoms with van der Waals surface area (Å²) in [5.41, 5.74) is 2.60. The minimum Gasteiger partial charge on any atom is -0.399 e. The van der Waals surface area contributed by atoms with E-state index in [-0.39, 0.29) is 24.6 Å². The van der Waals surface area contributed by atoms with Crippen molar-refractivity contribution in [3.8, 4) is 0 Å². The first kappa shape index (κ1) is 15.0. The Morgan fingerprint density at radius 2 is 1.57 bits per heavy atom. The van der Waals surface area contributed by atoms with E-state index in [4.69, 9.17) is 18.8 Å². The molecule has 5 heteroatoms. The van der Waals surface area contributed by atoms with E-state index in [1.807, 2.05) is 6.07 Å². The van der Waals surface area contributed by atoms with Gasteiger partial charge >= 0.3 is 7.12 Å². The third-order valence-corrected chi connectivity index (χ3v) is 4.69.